The summed E-state index contributed by atoms with van der Waals surface area (Å²) in [4.78, 5) is 0. The van der Waals surface area contributed by atoms with E-state index in [0.717, 1.165) is 24.8 Å². The van der Waals surface area contributed by atoms with Crippen LogP contribution in [0.1, 0.15) is 24.8 Å². The van der Waals surface area contributed by atoms with Gasteiger partial charge in [-0.2, -0.15) is 0 Å². The zero-order valence-corrected chi connectivity index (χ0v) is 11.3. The smallest absolute Gasteiger partial charge is 0.137 e. The Balaban J connectivity index is 2.13. The van der Waals surface area contributed by atoms with Gasteiger partial charge in [-0.25, -0.2) is 4.39 Å². The van der Waals surface area contributed by atoms with Crippen molar-refractivity contribution in [1.29, 1.82) is 0 Å². The van der Waals surface area contributed by atoms with Gasteiger partial charge in [-0.3, -0.25) is 0 Å². The summed E-state index contributed by atoms with van der Waals surface area (Å²) in [6, 6.07) is 4.87. The molecule has 1 saturated carbocycles. The summed E-state index contributed by atoms with van der Waals surface area (Å²) in [7, 11) is 1.63. The molecule has 1 aromatic rings. The average Bonchev–Trinajstić information content (AvgIpc) is 2.24. The molecule has 1 aromatic carbocycles. The number of halogens is 2. The number of rotatable bonds is 4. The SMILES string of the molecule is COC1(C(O)Cc2cccc(F)c2Br)CCC1. The molecule has 1 fully saturated rings. The fourth-order valence-electron chi connectivity index (χ4n) is 2.30. The van der Waals surface area contributed by atoms with E-state index in [0.29, 0.717) is 10.9 Å². The minimum Gasteiger partial charge on any atom is -0.390 e. The van der Waals surface area contributed by atoms with Crippen LogP contribution in [0.3, 0.4) is 0 Å². The van der Waals surface area contributed by atoms with E-state index in [4.69, 9.17) is 4.74 Å². The molecular weight excluding hydrogens is 287 g/mol. The summed E-state index contributed by atoms with van der Waals surface area (Å²) in [6.45, 7) is 0. The highest BCUT2D eigenvalue weighted by molar-refractivity contribution is 9.10. The Kier molecular flexibility index (Phi) is 3.85. The van der Waals surface area contributed by atoms with Gasteiger partial charge in [-0.05, 0) is 46.8 Å². The van der Waals surface area contributed by atoms with Gasteiger partial charge in [0.1, 0.15) is 5.82 Å². The second-order valence-corrected chi connectivity index (χ2v) is 5.35. The topological polar surface area (TPSA) is 29.5 Å². The van der Waals surface area contributed by atoms with E-state index >= 15 is 0 Å². The highest BCUT2D eigenvalue weighted by Gasteiger charge is 2.43. The lowest BCUT2D eigenvalue weighted by atomic mass is 9.74. The molecule has 94 valence electrons. The molecule has 1 aliphatic carbocycles. The number of hydrogen-bond acceptors (Lipinski definition) is 2. The van der Waals surface area contributed by atoms with Crippen LogP contribution in [-0.2, 0) is 11.2 Å². The molecule has 0 aromatic heterocycles. The fraction of sp³-hybridized carbons (Fsp3) is 0.538. The minimum atomic E-state index is -0.584. The molecule has 0 spiro atoms. The Hall–Kier alpha value is -0.450. The van der Waals surface area contributed by atoms with Crippen molar-refractivity contribution >= 4 is 15.9 Å². The summed E-state index contributed by atoms with van der Waals surface area (Å²) in [5.41, 5.74) is 0.354. The monoisotopic (exact) mass is 302 g/mol. The fourth-order valence-corrected chi connectivity index (χ4v) is 2.73. The third-order valence-electron chi connectivity index (χ3n) is 3.66. The van der Waals surface area contributed by atoms with Gasteiger partial charge < -0.3 is 9.84 Å². The Morgan fingerprint density at radius 1 is 1.53 bits per heavy atom. The lowest BCUT2D eigenvalue weighted by molar-refractivity contribution is -0.148. The maximum absolute atomic E-state index is 13.3. The molecular formula is C13H16BrFO2. The van der Waals surface area contributed by atoms with Gasteiger partial charge in [-0.15, -0.1) is 0 Å². The molecule has 0 amide bonds. The van der Waals surface area contributed by atoms with Gasteiger partial charge >= 0.3 is 0 Å². The Bertz CT molecular complexity index is 399. The number of aliphatic hydroxyl groups excluding tert-OH is 1. The summed E-state index contributed by atoms with van der Waals surface area (Å²) in [6.07, 6.45) is 2.65. The first-order valence-electron chi connectivity index (χ1n) is 5.75. The van der Waals surface area contributed by atoms with E-state index in [1.165, 1.54) is 6.07 Å². The van der Waals surface area contributed by atoms with Crippen LogP contribution in [0.5, 0.6) is 0 Å². The first kappa shape index (κ1) is 13.0. The summed E-state index contributed by atoms with van der Waals surface area (Å²) < 4.78 is 19.2. The van der Waals surface area contributed by atoms with E-state index < -0.39 is 11.7 Å². The summed E-state index contributed by atoms with van der Waals surface area (Å²) in [5, 5.41) is 10.2. The summed E-state index contributed by atoms with van der Waals surface area (Å²) >= 11 is 3.21. The highest BCUT2D eigenvalue weighted by atomic mass is 79.9. The van der Waals surface area contributed by atoms with Crippen molar-refractivity contribution in [3.63, 3.8) is 0 Å². The normalized spacial score (nSPS) is 19.8. The van der Waals surface area contributed by atoms with Crippen LogP contribution in [-0.4, -0.2) is 23.9 Å². The third kappa shape index (κ3) is 2.39. The molecule has 0 saturated heterocycles. The van der Waals surface area contributed by atoms with Crippen LogP contribution in [0.25, 0.3) is 0 Å². The van der Waals surface area contributed by atoms with Gasteiger partial charge in [0.05, 0.1) is 16.2 Å². The van der Waals surface area contributed by atoms with Crippen molar-refractivity contribution in [3.05, 3.63) is 34.1 Å². The number of aliphatic hydroxyl groups is 1. The molecule has 0 heterocycles. The molecule has 4 heteroatoms. The average molecular weight is 303 g/mol. The lowest BCUT2D eigenvalue weighted by Gasteiger charge is -2.44. The van der Waals surface area contributed by atoms with E-state index in [9.17, 15) is 9.50 Å². The quantitative estimate of drug-likeness (QED) is 0.926. The molecule has 1 aliphatic rings. The van der Waals surface area contributed by atoms with Gasteiger partial charge in [0, 0.05) is 13.5 Å². The first-order valence-corrected chi connectivity index (χ1v) is 6.54. The maximum Gasteiger partial charge on any atom is 0.137 e. The molecule has 2 rings (SSSR count). The predicted molar refractivity (Wildman–Crippen MR) is 67.4 cm³/mol. The third-order valence-corrected chi connectivity index (χ3v) is 4.55. The van der Waals surface area contributed by atoms with Gasteiger partial charge in [0.25, 0.3) is 0 Å². The molecule has 2 nitrogen and oxygen atoms in total. The van der Waals surface area contributed by atoms with Crippen LogP contribution < -0.4 is 0 Å². The van der Waals surface area contributed by atoms with E-state index in [2.05, 4.69) is 15.9 Å². The zero-order chi connectivity index (χ0) is 12.5. The van der Waals surface area contributed by atoms with Crippen molar-refractivity contribution in [3.8, 4) is 0 Å². The first-order chi connectivity index (χ1) is 8.09. The zero-order valence-electron chi connectivity index (χ0n) is 9.75. The standard InChI is InChI=1S/C13H16BrFO2/c1-17-13(6-3-7-13)11(16)8-9-4-2-5-10(15)12(9)14/h2,4-5,11,16H,3,6-8H2,1H3. The molecule has 0 radical (unpaired) electrons. The second-order valence-electron chi connectivity index (χ2n) is 4.56. The Labute approximate surface area is 109 Å². The van der Waals surface area contributed by atoms with Crippen molar-refractivity contribution in [1.82, 2.24) is 0 Å². The number of benzene rings is 1. The van der Waals surface area contributed by atoms with Gasteiger partial charge in [-0.1, -0.05) is 12.1 Å². The number of hydrogen-bond donors (Lipinski definition) is 1. The van der Waals surface area contributed by atoms with Crippen LogP contribution >= 0.6 is 15.9 Å². The van der Waals surface area contributed by atoms with Crippen molar-refractivity contribution in [2.24, 2.45) is 0 Å². The van der Waals surface area contributed by atoms with Crippen LogP contribution in [0, 0.1) is 5.82 Å². The minimum absolute atomic E-state index is 0.297. The maximum atomic E-state index is 13.3. The van der Waals surface area contributed by atoms with Crippen molar-refractivity contribution in [2.75, 3.05) is 7.11 Å². The molecule has 17 heavy (non-hydrogen) atoms. The van der Waals surface area contributed by atoms with Crippen LogP contribution in [0.15, 0.2) is 22.7 Å². The van der Waals surface area contributed by atoms with E-state index in [1.807, 2.05) is 6.07 Å². The second kappa shape index (κ2) is 5.04. The van der Waals surface area contributed by atoms with Crippen LogP contribution in [0.2, 0.25) is 0 Å². The molecule has 0 bridgehead atoms. The van der Waals surface area contributed by atoms with Crippen molar-refractivity contribution < 1.29 is 14.2 Å². The van der Waals surface area contributed by atoms with Crippen molar-refractivity contribution in [2.45, 2.75) is 37.4 Å². The van der Waals surface area contributed by atoms with Gasteiger partial charge in [0.15, 0.2) is 0 Å². The molecule has 1 unspecified atom stereocenters. The molecule has 0 aliphatic heterocycles. The molecule has 1 N–H and O–H groups in total. The number of methoxy groups -OCH3 is 1. The van der Waals surface area contributed by atoms with Gasteiger partial charge in [0.2, 0.25) is 0 Å². The largest absolute Gasteiger partial charge is 0.390 e. The predicted octanol–water partition coefficient (Wildman–Crippen LogP) is 3.06. The Morgan fingerprint density at radius 2 is 2.24 bits per heavy atom. The number of ether oxygens (including phenoxy) is 1. The van der Waals surface area contributed by atoms with E-state index in [1.54, 1.807) is 13.2 Å². The van der Waals surface area contributed by atoms with Crippen LogP contribution in [0.4, 0.5) is 4.39 Å². The Morgan fingerprint density at radius 3 is 2.76 bits per heavy atom. The van der Waals surface area contributed by atoms with E-state index in [-0.39, 0.29) is 5.82 Å². The highest BCUT2D eigenvalue weighted by Crippen LogP contribution is 2.39. The summed E-state index contributed by atoms with van der Waals surface area (Å²) in [5.74, 6) is -0.297. The molecule has 1 atom stereocenters. The lowest BCUT2D eigenvalue weighted by Crippen LogP contribution is -2.50.